The third-order valence-electron chi connectivity index (χ3n) is 3.10. The third-order valence-corrected chi connectivity index (χ3v) is 5.05. The maximum Gasteiger partial charge on any atom is 0.319 e. The maximum absolute atomic E-state index is 11.8. The zero-order valence-corrected chi connectivity index (χ0v) is 16.1. The largest absolute Gasteiger partial charge is 0.334 e. The molecule has 0 atom stereocenters. The van der Waals surface area contributed by atoms with Gasteiger partial charge in [-0.15, -0.1) is 18.3 Å². The molecule has 0 saturated heterocycles. The number of aromatic nitrogens is 2. The van der Waals surface area contributed by atoms with E-state index in [2.05, 4.69) is 22.3 Å². The van der Waals surface area contributed by atoms with E-state index in [1.54, 1.807) is 29.9 Å². The fourth-order valence-corrected chi connectivity index (χ4v) is 3.63. The van der Waals surface area contributed by atoms with E-state index in [0.29, 0.717) is 38.6 Å². The number of benzene rings is 1. The van der Waals surface area contributed by atoms with Crippen molar-refractivity contribution in [3.05, 3.63) is 39.9 Å². The predicted octanol–water partition coefficient (Wildman–Crippen LogP) is 5.08. The molecular weight excluding hydrogens is 391 g/mol. The molecule has 128 valence electrons. The lowest BCUT2D eigenvalue weighted by Gasteiger charge is -2.11. The SMILES string of the molecule is C=CCNC(=O)Nc1cc(-c2nn(C)c(SC)c2Cl)c(Cl)cc1Cl. The minimum absolute atomic E-state index is 0.314. The quantitative estimate of drug-likeness (QED) is 0.539. The lowest BCUT2D eigenvalue weighted by atomic mass is 10.1. The summed E-state index contributed by atoms with van der Waals surface area (Å²) in [7, 11) is 1.80. The van der Waals surface area contributed by atoms with Crippen LogP contribution in [0.15, 0.2) is 29.8 Å². The number of nitrogens with zero attached hydrogens (tertiary/aromatic N) is 2. The lowest BCUT2D eigenvalue weighted by Crippen LogP contribution is -2.28. The fourth-order valence-electron chi connectivity index (χ4n) is 2.03. The van der Waals surface area contributed by atoms with Crippen LogP contribution in [0.1, 0.15) is 0 Å². The number of thioether (sulfide) groups is 1. The normalized spacial score (nSPS) is 10.5. The molecule has 2 rings (SSSR count). The number of halogens is 3. The summed E-state index contributed by atoms with van der Waals surface area (Å²) in [5.74, 6) is 0. The Morgan fingerprint density at radius 3 is 2.67 bits per heavy atom. The Hall–Kier alpha value is -1.34. The molecule has 2 amide bonds. The van der Waals surface area contributed by atoms with Crippen LogP contribution in [0.25, 0.3) is 11.3 Å². The number of carbonyl (C=O) groups is 1. The summed E-state index contributed by atoms with van der Waals surface area (Å²) in [4.78, 5) is 11.8. The Kier molecular flexibility index (Phi) is 6.46. The Morgan fingerprint density at radius 1 is 1.38 bits per heavy atom. The maximum atomic E-state index is 11.8. The second-order valence-corrected chi connectivity index (χ2v) is 6.72. The van der Waals surface area contributed by atoms with Gasteiger partial charge in [-0.25, -0.2) is 4.79 Å². The summed E-state index contributed by atoms with van der Waals surface area (Å²) in [5.41, 5.74) is 1.52. The fraction of sp³-hybridized carbons (Fsp3) is 0.200. The van der Waals surface area contributed by atoms with Crippen LogP contribution in [-0.2, 0) is 7.05 Å². The van der Waals surface area contributed by atoms with E-state index in [4.69, 9.17) is 34.8 Å². The van der Waals surface area contributed by atoms with E-state index < -0.39 is 6.03 Å². The molecule has 9 heteroatoms. The first-order chi connectivity index (χ1) is 11.4. The number of hydrogen-bond acceptors (Lipinski definition) is 3. The van der Waals surface area contributed by atoms with E-state index in [9.17, 15) is 4.79 Å². The van der Waals surface area contributed by atoms with Crippen molar-refractivity contribution in [1.82, 2.24) is 15.1 Å². The van der Waals surface area contributed by atoms with Crippen molar-refractivity contribution in [1.29, 1.82) is 0 Å². The van der Waals surface area contributed by atoms with Crippen molar-refractivity contribution in [2.45, 2.75) is 5.03 Å². The summed E-state index contributed by atoms with van der Waals surface area (Å²) in [5, 5.41) is 11.7. The van der Waals surface area contributed by atoms with E-state index >= 15 is 0 Å². The molecule has 0 aliphatic rings. The first-order valence-electron chi connectivity index (χ1n) is 6.80. The molecule has 0 bridgehead atoms. The summed E-state index contributed by atoms with van der Waals surface area (Å²) in [6, 6.07) is 2.80. The van der Waals surface area contributed by atoms with Gasteiger partial charge in [0.15, 0.2) is 0 Å². The molecule has 2 aromatic rings. The Morgan fingerprint density at radius 2 is 2.08 bits per heavy atom. The summed E-state index contributed by atoms with van der Waals surface area (Å²) in [6.07, 6.45) is 3.49. The van der Waals surface area contributed by atoms with Crippen LogP contribution in [0.2, 0.25) is 15.1 Å². The number of rotatable bonds is 5. The molecule has 24 heavy (non-hydrogen) atoms. The zero-order chi connectivity index (χ0) is 17.9. The smallest absolute Gasteiger partial charge is 0.319 e. The molecule has 0 spiro atoms. The standard InChI is InChI=1S/C15H15Cl3N4OS/c1-4-5-19-15(23)20-11-6-8(9(16)7-10(11)17)13-12(18)14(24-3)22(2)21-13/h4,6-7H,1,5H2,2-3H3,(H2,19,20,23). The summed E-state index contributed by atoms with van der Waals surface area (Å²) >= 11 is 20.3. The van der Waals surface area contributed by atoms with Gasteiger partial charge in [-0.1, -0.05) is 40.9 Å². The van der Waals surface area contributed by atoms with Crippen molar-refractivity contribution in [3.8, 4) is 11.3 Å². The van der Waals surface area contributed by atoms with Gasteiger partial charge in [0.25, 0.3) is 0 Å². The number of carbonyl (C=O) groups excluding carboxylic acids is 1. The number of amides is 2. The van der Waals surface area contributed by atoms with Crippen LogP contribution in [0.5, 0.6) is 0 Å². The highest BCUT2D eigenvalue weighted by molar-refractivity contribution is 7.98. The highest BCUT2D eigenvalue weighted by Gasteiger charge is 2.19. The number of nitrogens with one attached hydrogen (secondary N) is 2. The average molecular weight is 406 g/mol. The van der Waals surface area contributed by atoms with Crippen molar-refractivity contribution < 1.29 is 4.79 Å². The van der Waals surface area contributed by atoms with Gasteiger partial charge in [0.05, 0.1) is 15.7 Å². The molecule has 5 nitrogen and oxygen atoms in total. The molecule has 1 aromatic heterocycles. The zero-order valence-electron chi connectivity index (χ0n) is 13.0. The van der Waals surface area contributed by atoms with Gasteiger partial charge in [-0.05, 0) is 18.4 Å². The molecule has 0 fully saturated rings. The average Bonchev–Trinajstić information content (AvgIpc) is 2.82. The van der Waals surface area contributed by atoms with Crippen molar-refractivity contribution in [2.24, 2.45) is 7.05 Å². The van der Waals surface area contributed by atoms with E-state index in [1.807, 2.05) is 6.26 Å². The molecule has 0 saturated carbocycles. The Labute approximate surface area is 159 Å². The van der Waals surface area contributed by atoms with Crippen LogP contribution in [-0.4, -0.2) is 28.6 Å². The van der Waals surface area contributed by atoms with E-state index in [-0.39, 0.29) is 0 Å². The number of anilines is 1. The molecular formula is C15H15Cl3N4OS. The molecule has 1 heterocycles. The minimum atomic E-state index is -0.401. The topological polar surface area (TPSA) is 59.0 Å². The number of hydrogen-bond donors (Lipinski definition) is 2. The first-order valence-corrected chi connectivity index (χ1v) is 9.16. The summed E-state index contributed by atoms with van der Waals surface area (Å²) < 4.78 is 1.68. The van der Waals surface area contributed by atoms with Crippen LogP contribution in [0, 0.1) is 0 Å². The van der Waals surface area contributed by atoms with Gasteiger partial charge in [0, 0.05) is 19.2 Å². The predicted molar refractivity (Wildman–Crippen MR) is 103 cm³/mol. The highest BCUT2D eigenvalue weighted by atomic mass is 35.5. The molecule has 0 aliphatic carbocycles. The second kappa shape index (κ2) is 8.16. The molecule has 0 unspecified atom stereocenters. The first kappa shape index (κ1) is 19.0. The van der Waals surface area contributed by atoms with E-state index in [0.717, 1.165) is 5.03 Å². The van der Waals surface area contributed by atoms with Crippen molar-refractivity contribution in [3.63, 3.8) is 0 Å². The second-order valence-electron chi connectivity index (χ2n) is 4.73. The van der Waals surface area contributed by atoms with E-state index in [1.165, 1.54) is 11.8 Å². The van der Waals surface area contributed by atoms with Crippen LogP contribution < -0.4 is 10.6 Å². The minimum Gasteiger partial charge on any atom is -0.334 e. The third kappa shape index (κ3) is 4.00. The van der Waals surface area contributed by atoms with Crippen LogP contribution in [0.3, 0.4) is 0 Å². The van der Waals surface area contributed by atoms with Gasteiger partial charge in [0.2, 0.25) is 0 Å². The Bertz CT molecular complexity index is 792. The number of urea groups is 1. The van der Waals surface area contributed by atoms with Crippen molar-refractivity contribution >= 4 is 58.3 Å². The molecule has 0 aliphatic heterocycles. The van der Waals surface area contributed by atoms with Gasteiger partial charge < -0.3 is 10.6 Å². The molecule has 1 aromatic carbocycles. The van der Waals surface area contributed by atoms with Crippen molar-refractivity contribution in [2.75, 3.05) is 18.1 Å². The van der Waals surface area contributed by atoms with Gasteiger partial charge in [0.1, 0.15) is 15.7 Å². The number of aryl methyl sites for hydroxylation is 1. The van der Waals surface area contributed by atoms with Crippen LogP contribution in [0.4, 0.5) is 10.5 Å². The molecule has 0 radical (unpaired) electrons. The van der Waals surface area contributed by atoms with Crippen LogP contribution >= 0.6 is 46.6 Å². The highest BCUT2D eigenvalue weighted by Crippen LogP contribution is 2.40. The Balaban J connectivity index is 2.43. The van der Waals surface area contributed by atoms with Gasteiger partial charge >= 0.3 is 6.03 Å². The monoisotopic (exact) mass is 404 g/mol. The molecule has 2 N–H and O–H groups in total. The lowest BCUT2D eigenvalue weighted by molar-refractivity contribution is 0.253. The van der Waals surface area contributed by atoms with Gasteiger partial charge in [-0.2, -0.15) is 5.10 Å². The summed E-state index contributed by atoms with van der Waals surface area (Å²) in [6.45, 7) is 3.88. The van der Waals surface area contributed by atoms with Gasteiger partial charge in [-0.3, -0.25) is 4.68 Å².